The van der Waals surface area contributed by atoms with Crippen LogP contribution in [0.4, 0.5) is 8.78 Å². The van der Waals surface area contributed by atoms with Crippen LogP contribution in [-0.2, 0) is 16.1 Å². The van der Waals surface area contributed by atoms with Crippen molar-refractivity contribution in [1.29, 1.82) is 0 Å². The molecule has 0 bridgehead atoms. The van der Waals surface area contributed by atoms with E-state index in [4.69, 9.17) is 4.74 Å². The van der Waals surface area contributed by atoms with E-state index in [1.807, 2.05) is 30.3 Å². The Hall–Kier alpha value is -2.31. The van der Waals surface area contributed by atoms with E-state index in [2.05, 4.69) is 10.6 Å². The van der Waals surface area contributed by atoms with E-state index >= 15 is 0 Å². The maximum Gasteiger partial charge on any atom is 0.246 e. The number of hydrogen-bond donors (Lipinski definition) is 2. The Labute approximate surface area is 151 Å². The standard InChI is InChI=1S/C20H22F2N2O2/c21-17-7-6-15(10-18(17)22)16-8-9-23-11-19(16)24-20(25)13-26-12-14-4-2-1-3-5-14/h1-7,10,16,19,23H,8-9,11-13H2,(H,24,25). The highest BCUT2D eigenvalue weighted by atomic mass is 19.2. The second-order valence-corrected chi connectivity index (χ2v) is 6.43. The monoisotopic (exact) mass is 360 g/mol. The van der Waals surface area contributed by atoms with E-state index < -0.39 is 11.6 Å². The zero-order valence-corrected chi connectivity index (χ0v) is 14.4. The summed E-state index contributed by atoms with van der Waals surface area (Å²) in [7, 11) is 0. The summed E-state index contributed by atoms with van der Waals surface area (Å²) in [5.41, 5.74) is 1.69. The Balaban J connectivity index is 1.55. The summed E-state index contributed by atoms with van der Waals surface area (Å²) >= 11 is 0. The smallest absolute Gasteiger partial charge is 0.246 e. The van der Waals surface area contributed by atoms with Gasteiger partial charge in [-0.3, -0.25) is 4.79 Å². The van der Waals surface area contributed by atoms with Crippen LogP contribution in [0.25, 0.3) is 0 Å². The highest BCUT2D eigenvalue weighted by molar-refractivity contribution is 5.77. The van der Waals surface area contributed by atoms with E-state index in [1.165, 1.54) is 6.07 Å². The van der Waals surface area contributed by atoms with Crippen molar-refractivity contribution in [3.05, 3.63) is 71.3 Å². The molecule has 2 N–H and O–H groups in total. The molecule has 6 heteroatoms. The number of ether oxygens (including phenoxy) is 1. The minimum atomic E-state index is -0.864. The maximum absolute atomic E-state index is 13.6. The van der Waals surface area contributed by atoms with Crippen molar-refractivity contribution < 1.29 is 18.3 Å². The van der Waals surface area contributed by atoms with Crippen molar-refractivity contribution in [1.82, 2.24) is 10.6 Å². The SMILES string of the molecule is O=C(COCc1ccccc1)NC1CNCCC1c1ccc(F)c(F)c1. The predicted octanol–water partition coefficient (Wildman–Crippen LogP) is 2.74. The molecule has 1 amide bonds. The van der Waals surface area contributed by atoms with Gasteiger partial charge in [0.25, 0.3) is 0 Å². The molecule has 138 valence electrons. The molecule has 0 saturated carbocycles. The molecular weight excluding hydrogens is 338 g/mol. The number of piperidine rings is 1. The minimum Gasteiger partial charge on any atom is -0.367 e. The normalized spacial score (nSPS) is 19.9. The fourth-order valence-electron chi connectivity index (χ4n) is 3.24. The molecule has 1 aliphatic rings. The summed E-state index contributed by atoms with van der Waals surface area (Å²) in [5.74, 6) is -2.01. The average Bonchev–Trinajstić information content (AvgIpc) is 2.65. The first-order valence-electron chi connectivity index (χ1n) is 8.70. The maximum atomic E-state index is 13.6. The van der Waals surface area contributed by atoms with Gasteiger partial charge in [0.05, 0.1) is 6.61 Å². The quantitative estimate of drug-likeness (QED) is 0.833. The number of benzene rings is 2. The lowest BCUT2D eigenvalue weighted by Crippen LogP contribution is -2.50. The number of rotatable bonds is 6. The molecule has 0 aromatic heterocycles. The molecule has 1 fully saturated rings. The molecule has 3 rings (SSSR count). The van der Waals surface area contributed by atoms with Gasteiger partial charge in [-0.15, -0.1) is 0 Å². The highest BCUT2D eigenvalue weighted by Gasteiger charge is 2.28. The van der Waals surface area contributed by atoms with Crippen LogP contribution in [0.1, 0.15) is 23.5 Å². The number of amides is 1. The van der Waals surface area contributed by atoms with Gasteiger partial charge in [-0.25, -0.2) is 8.78 Å². The van der Waals surface area contributed by atoms with Crippen LogP contribution >= 0.6 is 0 Å². The van der Waals surface area contributed by atoms with Crippen molar-refractivity contribution in [3.63, 3.8) is 0 Å². The fraction of sp³-hybridized carbons (Fsp3) is 0.350. The molecule has 2 atom stereocenters. The number of carbonyl (C=O) groups excluding carboxylic acids is 1. The summed E-state index contributed by atoms with van der Waals surface area (Å²) < 4.78 is 32.2. The lowest BCUT2D eigenvalue weighted by atomic mass is 9.86. The predicted molar refractivity (Wildman–Crippen MR) is 94.6 cm³/mol. The summed E-state index contributed by atoms with van der Waals surface area (Å²) in [5, 5.41) is 6.17. The van der Waals surface area contributed by atoms with Crippen molar-refractivity contribution in [2.24, 2.45) is 0 Å². The van der Waals surface area contributed by atoms with Gasteiger partial charge in [-0.05, 0) is 36.2 Å². The van der Waals surface area contributed by atoms with E-state index in [9.17, 15) is 13.6 Å². The van der Waals surface area contributed by atoms with Crippen molar-refractivity contribution in [3.8, 4) is 0 Å². The first kappa shape index (κ1) is 18.5. The number of nitrogens with one attached hydrogen (secondary N) is 2. The van der Waals surface area contributed by atoms with Crippen molar-refractivity contribution in [2.75, 3.05) is 19.7 Å². The summed E-state index contributed by atoms with van der Waals surface area (Å²) in [6, 6.07) is 13.4. The molecule has 0 spiro atoms. The molecule has 1 saturated heterocycles. The van der Waals surface area contributed by atoms with Gasteiger partial charge in [0.2, 0.25) is 5.91 Å². The summed E-state index contributed by atoms with van der Waals surface area (Å²) in [6.45, 7) is 1.66. The second-order valence-electron chi connectivity index (χ2n) is 6.43. The number of halogens is 2. The van der Waals surface area contributed by atoms with Crippen LogP contribution in [0.5, 0.6) is 0 Å². The number of hydrogen-bond acceptors (Lipinski definition) is 3. The third kappa shape index (κ3) is 4.86. The van der Waals surface area contributed by atoms with Crippen LogP contribution in [0.15, 0.2) is 48.5 Å². The van der Waals surface area contributed by atoms with Crippen LogP contribution in [0.3, 0.4) is 0 Å². The summed E-state index contributed by atoms with van der Waals surface area (Å²) in [6.07, 6.45) is 0.737. The van der Waals surface area contributed by atoms with E-state index in [-0.39, 0.29) is 24.5 Å². The lowest BCUT2D eigenvalue weighted by molar-refractivity contribution is -0.127. The number of carbonyl (C=O) groups is 1. The van der Waals surface area contributed by atoms with Gasteiger partial charge < -0.3 is 15.4 Å². The Kier molecular flexibility index (Phi) is 6.30. The summed E-state index contributed by atoms with van der Waals surface area (Å²) in [4.78, 5) is 12.2. The first-order chi connectivity index (χ1) is 12.6. The molecule has 0 radical (unpaired) electrons. The van der Waals surface area contributed by atoms with Gasteiger partial charge in [0, 0.05) is 18.5 Å². The molecule has 2 aromatic rings. The Morgan fingerprint density at radius 3 is 2.73 bits per heavy atom. The van der Waals surface area contributed by atoms with Crippen LogP contribution < -0.4 is 10.6 Å². The Morgan fingerprint density at radius 1 is 1.15 bits per heavy atom. The van der Waals surface area contributed by atoms with Gasteiger partial charge in [-0.1, -0.05) is 36.4 Å². The minimum absolute atomic E-state index is 0.0457. The molecule has 2 unspecified atom stereocenters. The zero-order valence-electron chi connectivity index (χ0n) is 14.4. The van der Waals surface area contributed by atoms with Crippen molar-refractivity contribution >= 4 is 5.91 Å². The third-order valence-electron chi connectivity index (χ3n) is 4.54. The molecular formula is C20H22F2N2O2. The van der Waals surface area contributed by atoms with E-state index in [0.29, 0.717) is 18.7 Å². The fourth-order valence-corrected chi connectivity index (χ4v) is 3.24. The van der Waals surface area contributed by atoms with Gasteiger partial charge in [-0.2, -0.15) is 0 Å². The molecule has 0 aliphatic carbocycles. The highest BCUT2D eigenvalue weighted by Crippen LogP contribution is 2.27. The second kappa shape index (κ2) is 8.87. The molecule has 1 heterocycles. The third-order valence-corrected chi connectivity index (χ3v) is 4.54. The van der Waals surface area contributed by atoms with Crippen LogP contribution in [-0.4, -0.2) is 31.6 Å². The molecule has 1 aliphatic heterocycles. The van der Waals surface area contributed by atoms with Gasteiger partial charge in [0.1, 0.15) is 6.61 Å². The first-order valence-corrected chi connectivity index (χ1v) is 8.70. The lowest BCUT2D eigenvalue weighted by Gasteiger charge is -2.33. The van der Waals surface area contributed by atoms with E-state index in [1.54, 1.807) is 6.07 Å². The largest absolute Gasteiger partial charge is 0.367 e. The Bertz CT molecular complexity index is 740. The molecule has 4 nitrogen and oxygen atoms in total. The van der Waals surface area contributed by atoms with E-state index in [0.717, 1.165) is 24.6 Å². The van der Waals surface area contributed by atoms with Gasteiger partial charge >= 0.3 is 0 Å². The molecule has 2 aromatic carbocycles. The van der Waals surface area contributed by atoms with Crippen LogP contribution in [0, 0.1) is 11.6 Å². The topological polar surface area (TPSA) is 50.4 Å². The molecule has 26 heavy (non-hydrogen) atoms. The average molecular weight is 360 g/mol. The van der Waals surface area contributed by atoms with Crippen LogP contribution in [0.2, 0.25) is 0 Å². The van der Waals surface area contributed by atoms with Crippen molar-refractivity contribution in [2.45, 2.75) is 25.0 Å². The zero-order chi connectivity index (χ0) is 18.4. The van der Waals surface area contributed by atoms with Gasteiger partial charge in [0.15, 0.2) is 11.6 Å². The Morgan fingerprint density at radius 2 is 1.96 bits per heavy atom.